The molecular weight excluding hydrogens is 286 g/mol. The molecular formula is C12H22BrNO3. The van der Waals surface area contributed by atoms with Gasteiger partial charge in [-0.1, -0.05) is 15.9 Å². The summed E-state index contributed by atoms with van der Waals surface area (Å²) in [5.74, 6) is 0. The summed E-state index contributed by atoms with van der Waals surface area (Å²) >= 11 is 3.41. The van der Waals surface area contributed by atoms with E-state index in [9.17, 15) is 4.79 Å². The van der Waals surface area contributed by atoms with Crippen LogP contribution >= 0.6 is 15.9 Å². The maximum absolute atomic E-state index is 11.6. The van der Waals surface area contributed by atoms with Gasteiger partial charge in [0.15, 0.2) is 0 Å². The normalized spacial score (nSPS) is 29.8. The molecule has 3 atom stereocenters. The quantitative estimate of drug-likeness (QED) is 0.798. The maximum atomic E-state index is 11.6. The first-order valence-corrected chi connectivity index (χ1v) is 7.15. The van der Waals surface area contributed by atoms with Crippen LogP contribution in [0.1, 0.15) is 40.5 Å². The number of hydrogen-bond donors (Lipinski definition) is 1. The lowest BCUT2D eigenvalue weighted by Crippen LogP contribution is -2.49. The molecule has 0 radical (unpaired) electrons. The minimum Gasteiger partial charge on any atom is -0.444 e. The van der Waals surface area contributed by atoms with Crippen molar-refractivity contribution < 1.29 is 14.3 Å². The van der Waals surface area contributed by atoms with Crippen molar-refractivity contribution >= 4 is 22.0 Å². The number of ether oxygens (including phenoxy) is 2. The zero-order chi connectivity index (χ0) is 13.1. The summed E-state index contributed by atoms with van der Waals surface area (Å²) in [5, 5.41) is 3.71. The zero-order valence-corrected chi connectivity index (χ0v) is 12.5. The van der Waals surface area contributed by atoms with E-state index in [2.05, 4.69) is 21.2 Å². The largest absolute Gasteiger partial charge is 0.444 e. The minimum absolute atomic E-state index is 0.0267. The molecule has 0 aromatic carbocycles. The Kier molecular flexibility index (Phi) is 5.25. The number of carbonyl (C=O) groups is 1. The van der Waals surface area contributed by atoms with Crippen molar-refractivity contribution in [2.24, 2.45) is 0 Å². The lowest BCUT2D eigenvalue weighted by molar-refractivity contribution is -0.0484. The molecule has 1 heterocycles. The van der Waals surface area contributed by atoms with Gasteiger partial charge in [-0.25, -0.2) is 4.79 Å². The summed E-state index contributed by atoms with van der Waals surface area (Å²) in [7, 11) is 0. The number of nitrogens with one attached hydrogen (secondary N) is 1. The molecule has 0 unspecified atom stereocenters. The molecule has 0 spiro atoms. The smallest absolute Gasteiger partial charge is 0.407 e. The molecule has 5 heteroatoms. The molecule has 0 aromatic heterocycles. The number of carbonyl (C=O) groups excluding carboxylic acids is 1. The molecule has 1 fully saturated rings. The molecule has 0 bridgehead atoms. The number of halogens is 1. The van der Waals surface area contributed by atoms with E-state index in [1.165, 1.54) is 0 Å². The highest BCUT2D eigenvalue weighted by Crippen LogP contribution is 2.21. The fourth-order valence-corrected chi connectivity index (χ4v) is 2.30. The highest BCUT2D eigenvalue weighted by molar-refractivity contribution is 9.09. The third kappa shape index (κ3) is 5.25. The predicted octanol–water partition coefficient (Wildman–Crippen LogP) is 2.84. The molecule has 1 aliphatic heterocycles. The Morgan fingerprint density at radius 1 is 1.47 bits per heavy atom. The van der Waals surface area contributed by atoms with Crippen molar-refractivity contribution in [1.82, 2.24) is 5.32 Å². The van der Waals surface area contributed by atoms with Crippen molar-refractivity contribution in [3.8, 4) is 0 Å². The summed E-state index contributed by atoms with van der Waals surface area (Å²) in [6, 6.07) is 0.0418. The molecule has 0 saturated carbocycles. The number of alkyl carbamates (subject to hydrolysis) is 1. The van der Waals surface area contributed by atoms with Crippen molar-refractivity contribution in [3.05, 3.63) is 0 Å². The van der Waals surface area contributed by atoms with Crippen molar-refractivity contribution in [2.45, 2.75) is 64.4 Å². The van der Waals surface area contributed by atoms with Gasteiger partial charge < -0.3 is 14.8 Å². The monoisotopic (exact) mass is 307 g/mol. The van der Waals surface area contributed by atoms with Crippen LogP contribution in [-0.2, 0) is 9.47 Å². The summed E-state index contributed by atoms with van der Waals surface area (Å²) in [4.78, 5) is 11.6. The lowest BCUT2D eigenvalue weighted by Gasteiger charge is -2.34. The summed E-state index contributed by atoms with van der Waals surface area (Å²) in [5.41, 5.74) is -0.457. The van der Waals surface area contributed by atoms with Gasteiger partial charge in [0.05, 0.1) is 18.2 Å². The van der Waals surface area contributed by atoms with Crippen LogP contribution in [0.5, 0.6) is 0 Å². The summed E-state index contributed by atoms with van der Waals surface area (Å²) in [6.45, 7) is 7.55. The number of alkyl halides is 1. The van der Waals surface area contributed by atoms with Gasteiger partial charge in [-0.2, -0.15) is 0 Å². The highest BCUT2D eigenvalue weighted by atomic mass is 79.9. The Bertz CT molecular complexity index is 265. The van der Waals surface area contributed by atoms with E-state index in [4.69, 9.17) is 9.47 Å². The molecule has 17 heavy (non-hydrogen) atoms. The highest BCUT2D eigenvalue weighted by Gasteiger charge is 2.30. The number of hydrogen-bond acceptors (Lipinski definition) is 3. The molecule has 1 amide bonds. The van der Waals surface area contributed by atoms with Crippen LogP contribution in [0.15, 0.2) is 0 Å². The van der Waals surface area contributed by atoms with Crippen molar-refractivity contribution in [1.29, 1.82) is 0 Å². The van der Waals surface area contributed by atoms with E-state index < -0.39 is 5.60 Å². The molecule has 1 N–H and O–H groups in total. The van der Waals surface area contributed by atoms with Gasteiger partial charge in [0.2, 0.25) is 0 Å². The SMILES string of the molecule is C[C@H]1O[C@H](CBr)CC[C@@H]1NC(=O)OC(C)(C)C. The van der Waals surface area contributed by atoms with Crippen LogP contribution < -0.4 is 5.32 Å². The van der Waals surface area contributed by atoms with E-state index in [0.29, 0.717) is 0 Å². The van der Waals surface area contributed by atoms with Gasteiger partial charge >= 0.3 is 6.09 Å². The predicted molar refractivity (Wildman–Crippen MR) is 70.5 cm³/mol. The van der Waals surface area contributed by atoms with Crippen LogP contribution in [0.3, 0.4) is 0 Å². The van der Waals surface area contributed by atoms with Gasteiger partial charge in [0, 0.05) is 5.33 Å². The van der Waals surface area contributed by atoms with Crippen LogP contribution in [0.2, 0.25) is 0 Å². The summed E-state index contributed by atoms with van der Waals surface area (Å²) < 4.78 is 11.0. The summed E-state index contributed by atoms with van der Waals surface area (Å²) in [6.07, 6.45) is 1.79. The average Bonchev–Trinajstić information content (AvgIpc) is 2.18. The maximum Gasteiger partial charge on any atom is 0.407 e. The standard InChI is InChI=1S/C12H22BrNO3/c1-8-10(6-5-9(7-13)16-8)14-11(15)17-12(2,3)4/h8-10H,5-7H2,1-4H3,(H,14,15)/t8-,9+,10+/m1/s1. The first-order chi connectivity index (χ1) is 7.81. The second kappa shape index (κ2) is 6.05. The Hall–Kier alpha value is -0.290. The van der Waals surface area contributed by atoms with Gasteiger partial charge in [-0.3, -0.25) is 0 Å². The second-order valence-corrected chi connectivity index (χ2v) is 6.10. The Morgan fingerprint density at radius 3 is 2.59 bits per heavy atom. The van der Waals surface area contributed by atoms with Gasteiger partial charge in [0.25, 0.3) is 0 Å². The molecule has 1 rings (SSSR count). The van der Waals surface area contributed by atoms with E-state index >= 15 is 0 Å². The molecule has 1 aliphatic rings. The Labute approximate surface area is 112 Å². The minimum atomic E-state index is -0.457. The fraction of sp³-hybridized carbons (Fsp3) is 0.917. The van der Waals surface area contributed by atoms with Crippen LogP contribution in [0.25, 0.3) is 0 Å². The van der Waals surface area contributed by atoms with Crippen molar-refractivity contribution in [3.63, 3.8) is 0 Å². The number of rotatable bonds is 2. The van der Waals surface area contributed by atoms with E-state index in [1.807, 2.05) is 27.7 Å². The van der Waals surface area contributed by atoms with Crippen molar-refractivity contribution in [2.75, 3.05) is 5.33 Å². The van der Waals surface area contributed by atoms with E-state index in [1.54, 1.807) is 0 Å². The molecule has 0 aliphatic carbocycles. The first-order valence-electron chi connectivity index (χ1n) is 6.03. The Balaban J connectivity index is 2.40. The van der Waals surface area contributed by atoms with Gasteiger partial charge in [-0.05, 0) is 40.5 Å². The number of amides is 1. The van der Waals surface area contributed by atoms with E-state index in [0.717, 1.165) is 18.2 Å². The third-order valence-electron chi connectivity index (χ3n) is 2.65. The van der Waals surface area contributed by atoms with E-state index in [-0.39, 0.29) is 24.3 Å². The lowest BCUT2D eigenvalue weighted by atomic mass is 10.0. The topological polar surface area (TPSA) is 47.6 Å². The van der Waals surface area contributed by atoms with Crippen LogP contribution in [-0.4, -0.2) is 35.3 Å². The van der Waals surface area contributed by atoms with Crippen LogP contribution in [0.4, 0.5) is 4.79 Å². The second-order valence-electron chi connectivity index (χ2n) is 5.45. The Morgan fingerprint density at radius 2 is 2.12 bits per heavy atom. The zero-order valence-electron chi connectivity index (χ0n) is 11.0. The average molecular weight is 308 g/mol. The van der Waals surface area contributed by atoms with Gasteiger partial charge in [-0.15, -0.1) is 0 Å². The first kappa shape index (κ1) is 14.8. The molecule has 1 saturated heterocycles. The molecule has 4 nitrogen and oxygen atoms in total. The van der Waals surface area contributed by atoms with Crippen LogP contribution in [0, 0.1) is 0 Å². The third-order valence-corrected chi connectivity index (χ3v) is 3.37. The van der Waals surface area contributed by atoms with Gasteiger partial charge in [0.1, 0.15) is 5.60 Å². The fourth-order valence-electron chi connectivity index (χ4n) is 1.83. The molecule has 100 valence electrons. The molecule has 0 aromatic rings.